The van der Waals surface area contributed by atoms with Gasteiger partial charge in [0, 0.05) is 17.2 Å². The summed E-state index contributed by atoms with van der Waals surface area (Å²) in [5.74, 6) is -1.91. The molecule has 0 aliphatic heterocycles. The van der Waals surface area contributed by atoms with Gasteiger partial charge in [0.2, 0.25) is 0 Å². The van der Waals surface area contributed by atoms with Crippen molar-refractivity contribution in [2.45, 2.75) is 23.0 Å². The number of nitrogens with two attached hydrogens (primary N) is 1. The zero-order chi connectivity index (χ0) is 21.5. The van der Waals surface area contributed by atoms with Crippen LogP contribution in [0.1, 0.15) is 23.2 Å². The first-order valence-corrected chi connectivity index (χ1v) is 10.8. The number of hydrogen-bond donors (Lipinski definition) is 2. The molecule has 1 aliphatic carbocycles. The van der Waals surface area contributed by atoms with E-state index >= 15 is 0 Å². The number of rotatable bonds is 5. The fourth-order valence-corrected chi connectivity index (χ4v) is 4.77. The Hall–Kier alpha value is -3.26. The highest BCUT2D eigenvalue weighted by Gasteiger charge is 2.36. The average Bonchev–Trinajstić information content (AvgIpc) is 3.56. The van der Waals surface area contributed by atoms with Gasteiger partial charge in [0.1, 0.15) is 11.6 Å². The smallest absolute Gasteiger partial charge is 0.255 e. The number of anilines is 2. The lowest BCUT2D eigenvalue weighted by molar-refractivity contribution is 0.102. The van der Waals surface area contributed by atoms with Crippen molar-refractivity contribution in [3.63, 3.8) is 0 Å². The normalized spacial score (nSPS) is 13.8. The number of carbonyl (C=O) groups excluding carboxylic acids is 1. The number of halogens is 2. The van der Waals surface area contributed by atoms with E-state index in [0.29, 0.717) is 18.4 Å². The van der Waals surface area contributed by atoms with Crippen LogP contribution in [0.15, 0.2) is 65.6 Å². The third-order valence-corrected chi connectivity index (χ3v) is 7.23. The van der Waals surface area contributed by atoms with Crippen molar-refractivity contribution in [3.05, 3.63) is 77.9 Å². The zero-order valence-corrected chi connectivity index (χ0v) is 16.5. The lowest BCUT2D eigenvalue weighted by atomic mass is 10.0. The summed E-state index contributed by atoms with van der Waals surface area (Å²) in [5, 5.41) is 2.32. The lowest BCUT2D eigenvalue weighted by Crippen LogP contribution is -2.14. The first-order chi connectivity index (χ1) is 14.3. The van der Waals surface area contributed by atoms with Gasteiger partial charge >= 0.3 is 0 Å². The molecule has 0 atom stereocenters. The Balaban J connectivity index is 1.57. The Kier molecular flexibility index (Phi) is 5.03. The van der Waals surface area contributed by atoms with E-state index < -0.39 is 27.4 Å². The summed E-state index contributed by atoms with van der Waals surface area (Å²) in [6.45, 7) is 0. The van der Waals surface area contributed by atoms with Gasteiger partial charge in [0.15, 0.2) is 9.84 Å². The number of carbonyl (C=O) groups is 1. The standard InChI is InChI=1S/C22H18F2N2O3S/c23-15-4-9-18(19(24)12-15)14-3-10-20(25)21(11-14)26-22(27)13-1-5-16(6-2-13)30(28,29)17-7-8-17/h1-6,9-12,17H,7-8,25H2,(H,26,27). The van der Waals surface area contributed by atoms with Gasteiger partial charge in [-0.2, -0.15) is 0 Å². The van der Waals surface area contributed by atoms with Crippen LogP contribution in [0.5, 0.6) is 0 Å². The zero-order valence-electron chi connectivity index (χ0n) is 15.7. The topological polar surface area (TPSA) is 89.3 Å². The van der Waals surface area contributed by atoms with Crippen LogP contribution in [0.25, 0.3) is 11.1 Å². The van der Waals surface area contributed by atoms with Crippen molar-refractivity contribution >= 4 is 27.1 Å². The molecule has 5 nitrogen and oxygen atoms in total. The van der Waals surface area contributed by atoms with Gasteiger partial charge in [-0.1, -0.05) is 6.07 Å². The molecule has 0 saturated heterocycles. The minimum absolute atomic E-state index is 0.168. The molecule has 1 fully saturated rings. The molecular formula is C22H18F2N2O3S. The molecule has 8 heteroatoms. The van der Waals surface area contributed by atoms with E-state index in [2.05, 4.69) is 5.32 Å². The van der Waals surface area contributed by atoms with E-state index in [1.54, 1.807) is 6.07 Å². The maximum absolute atomic E-state index is 14.1. The summed E-state index contributed by atoms with van der Waals surface area (Å²) in [7, 11) is -3.33. The van der Waals surface area contributed by atoms with Gasteiger partial charge in [-0.3, -0.25) is 4.79 Å². The van der Waals surface area contributed by atoms with Crippen molar-refractivity contribution in [1.82, 2.24) is 0 Å². The van der Waals surface area contributed by atoms with E-state index in [-0.39, 0.29) is 32.6 Å². The number of benzene rings is 3. The minimum Gasteiger partial charge on any atom is -0.397 e. The number of hydrogen-bond acceptors (Lipinski definition) is 4. The Bertz CT molecular complexity index is 1240. The number of sulfone groups is 1. The quantitative estimate of drug-likeness (QED) is 0.590. The van der Waals surface area contributed by atoms with Gasteiger partial charge in [-0.15, -0.1) is 0 Å². The summed E-state index contributed by atoms with van der Waals surface area (Å²) in [6, 6.07) is 13.5. The van der Waals surface area contributed by atoms with Crippen molar-refractivity contribution in [2.75, 3.05) is 11.1 Å². The first kappa shape index (κ1) is 20.0. The number of amides is 1. The van der Waals surface area contributed by atoms with E-state index in [0.717, 1.165) is 12.1 Å². The van der Waals surface area contributed by atoms with Crippen molar-refractivity contribution in [3.8, 4) is 11.1 Å². The predicted octanol–water partition coefficient (Wildman–Crippen LogP) is 4.40. The summed E-state index contributed by atoms with van der Waals surface area (Å²) in [4.78, 5) is 12.8. The molecule has 1 saturated carbocycles. The highest BCUT2D eigenvalue weighted by atomic mass is 32.2. The summed E-state index contributed by atoms with van der Waals surface area (Å²) < 4.78 is 51.8. The predicted molar refractivity (Wildman–Crippen MR) is 111 cm³/mol. The molecule has 0 heterocycles. The van der Waals surface area contributed by atoms with Gasteiger partial charge in [0.05, 0.1) is 21.5 Å². The maximum atomic E-state index is 14.1. The minimum atomic E-state index is -3.33. The van der Waals surface area contributed by atoms with E-state index in [9.17, 15) is 22.0 Å². The van der Waals surface area contributed by atoms with Crippen LogP contribution < -0.4 is 11.1 Å². The van der Waals surface area contributed by atoms with Crippen molar-refractivity contribution in [1.29, 1.82) is 0 Å². The molecule has 0 unspecified atom stereocenters. The van der Waals surface area contributed by atoms with E-state index in [1.165, 1.54) is 42.5 Å². The van der Waals surface area contributed by atoms with Crippen LogP contribution in [0.2, 0.25) is 0 Å². The van der Waals surface area contributed by atoms with Crippen LogP contribution in [0.4, 0.5) is 20.2 Å². The Morgan fingerprint density at radius 2 is 1.67 bits per heavy atom. The van der Waals surface area contributed by atoms with E-state index in [4.69, 9.17) is 5.73 Å². The maximum Gasteiger partial charge on any atom is 0.255 e. The van der Waals surface area contributed by atoms with Crippen LogP contribution in [-0.2, 0) is 9.84 Å². The molecule has 0 radical (unpaired) electrons. The van der Waals surface area contributed by atoms with Crippen LogP contribution in [0.3, 0.4) is 0 Å². The van der Waals surface area contributed by atoms with Gasteiger partial charge < -0.3 is 11.1 Å². The Labute approximate surface area is 172 Å². The molecular weight excluding hydrogens is 410 g/mol. The number of nitrogen functional groups attached to an aromatic ring is 1. The highest BCUT2D eigenvalue weighted by molar-refractivity contribution is 7.92. The fraction of sp³-hybridized carbons (Fsp3) is 0.136. The summed E-state index contributed by atoms with van der Waals surface area (Å²) >= 11 is 0. The molecule has 0 spiro atoms. The van der Waals surface area contributed by atoms with Gasteiger partial charge in [-0.05, 0) is 66.9 Å². The molecule has 3 N–H and O–H groups in total. The molecule has 0 aromatic heterocycles. The average molecular weight is 428 g/mol. The molecule has 0 bridgehead atoms. The molecule has 3 aromatic rings. The van der Waals surface area contributed by atoms with Gasteiger partial charge in [-0.25, -0.2) is 17.2 Å². The molecule has 3 aromatic carbocycles. The number of nitrogens with one attached hydrogen (secondary N) is 1. The fourth-order valence-electron chi connectivity index (χ4n) is 3.12. The van der Waals surface area contributed by atoms with Crippen LogP contribution in [-0.4, -0.2) is 19.6 Å². The third-order valence-electron chi connectivity index (χ3n) is 4.95. The van der Waals surface area contributed by atoms with Gasteiger partial charge in [0.25, 0.3) is 5.91 Å². The molecule has 154 valence electrons. The molecule has 4 rings (SSSR count). The van der Waals surface area contributed by atoms with E-state index in [1.807, 2.05) is 0 Å². The Morgan fingerprint density at radius 3 is 2.30 bits per heavy atom. The monoisotopic (exact) mass is 428 g/mol. The van der Waals surface area contributed by atoms with Crippen molar-refractivity contribution in [2.24, 2.45) is 0 Å². The summed E-state index contributed by atoms with van der Waals surface area (Å²) in [6.07, 6.45) is 1.32. The van der Waals surface area contributed by atoms with Crippen LogP contribution >= 0.6 is 0 Å². The SMILES string of the molecule is Nc1ccc(-c2ccc(F)cc2F)cc1NC(=O)c1ccc(S(=O)(=O)C2CC2)cc1. The third kappa shape index (κ3) is 3.91. The highest BCUT2D eigenvalue weighted by Crippen LogP contribution is 2.34. The lowest BCUT2D eigenvalue weighted by Gasteiger charge is -2.12. The second-order valence-electron chi connectivity index (χ2n) is 7.15. The van der Waals surface area contributed by atoms with Crippen LogP contribution in [0, 0.1) is 11.6 Å². The molecule has 30 heavy (non-hydrogen) atoms. The largest absolute Gasteiger partial charge is 0.397 e. The Morgan fingerprint density at radius 1 is 0.967 bits per heavy atom. The second-order valence-corrected chi connectivity index (χ2v) is 9.38. The van der Waals surface area contributed by atoms with Crippen molar-refractivity contribution < 1.29 is 22.0 Å². The summed E-state index contributed by atoms with van der Waals surface area (Å²) in [5.41, 5.74) is 7.30. The second kappa shape index (κ2) is 7.53. The molecule has 1 amide bonds. The first-order valence-electron chi connectivity index (χ1n) is 9.26. The molecule has 1 aliphatic rings.